The van der Waals surface area contributed by atoms with Crippen LogP contribution in [0.15, 0.2) is 42.5 Å². The third-order valence-corrected chi connectivity index (χ3v) is 5.42. The molecule has 0 saturated heterocycles. The molecule has 0 spiro atoms. The fourth-order valence-corrected chi connectivity index (χ4v) is 3.93. The summed E-state index contributed by atoms with van der Waals surface area (Å²) in [6, 6.07) is 6.98. The molecular weight excluding hydrogens is 425 g/mol. The molecule has 0 radical (unpaired) electrons. The number of rotatable bonds is 7. The first kappa shape index (κ1) is 23.3. The van der Waals surface area contributed by atoms with Gasteiger partial charge in [0.15, 0.2) is 0 Å². The molecule has 11 heteroatoms. The summed E-state index contributed by atoms with van der Waals surface area (Å²) in [7, 11) is -1.26. The molecule has 0 aromatic heterocycles. The second-order valence-electron chi connectivity index (χ2n) is 6.34. The quantitative estimate of drug-likeness (QED) is 0.704. The van der Waals surface area contributed by atoms with Crippen LogP contribution in [0.5, 0.6) is 11.5 Å². The number of anilines is 2. The van der Waals surface area contributed by atoms with Crippen molar-refractivity contribution in [1.29, 1.82) is 0 Å². The third-order valence-electron chi connectivity index (χ3n) is 4.18. The number of carbonyl (C=O) groups is 1. The van der Waals surface area contributed by atoms with Crippen LogP contribution in [0.3, 0.4) is 0 Å². The summed E-state index contributed by atoms with van der Waals surface area (Å²) in [4.78, 5) is 12.8. The zero-order valence-corrected chi connectivity index (χ0v) is 17.5. The Kier molecular flexibility index (Phi) is 6.86. The lowest BCUT2D eigenvalue weighted by molar-refractivity contribution is -0.137. The summed E-state index contributed by atoms with van der Waals surface area (Å²) >= 11 is 0. The van der Waals surface area contributed by atoms with Crippen LogP contribution in [-0.2, 0) is 21.0 Å². The van der Waals surface area contributed by atoms with Crippen LogP contribution < -0.4 is 19.1 Å². The molecule has 1 atom stereocenters. The van der Waals surface area contributed by atoms with Gasteiger partial charge in [-0.2, -0.15) is 13.2 Å². The number of hydrogen-bond donors (Lipinski definition) is 1. The number of halogens is 3. The van der Waals surface area contributed by atoms with Gasteiger partial charge in [0.1, 0.15) is 17.5 Å². The van der Waals surface area contributed by atoms with Crippen molar-refractivity contribution in [2.45, 2.75) is 19.1 Å². The van der Waals surface area contributed by atoms with Crippen molar-refractivity contribution in [3.05, 3.63) is 48.0 Å². The maximum Gasteiger partial charge on any atom is 0.416 e. The van der Waals surface area contributed by atoms with E-state index >= 15 is 0 Å². The third kappa shape index (κ3) is 5.35. The van der Waals surface area contributed by atoms with Gasteiger partial charge in [0, 0.05) is 6.07 Å². The van der Waals surface area contributed by atoms with E-state index in [-0.39, 0.29) is 17.1 Å². The van der Waals surface area contributed by atoms with Gasteiger partial charge in [-0.25, -0.2) is 8.42 Å². The normalized spacial score (nSPS) is 12.8. The van der Waals surface area contributed by atoms with Gasteiger partial charge in [-0.3, -0.25) is 9.10 Å². The molecule has 164 valence electrons. The van der Waals surface area contributed by atoms with Gasteiger partial charge in [0.25, 0.3) is 0 Å². The number of nitrogens with zero attached hydrogens (tertiary/aromatic N) is 1. The molecule has 7 nitrogen and oxygen atoms in total. The lowest BCUT2D eigenvalue weighted by Crippen LogP contribution is -2.45. The van der Waals surface area contributed by atoms with Crippen LogP contribution in [0.1, 0.15) is 12.5 Å². The number of methoxy groups -OCH3 is 2. The monoisotopic (exact) mass is 446 g/mol. The predicted molar refractivity (Wildman–Crippen MR) is 106 cm³/mol. The van der Waals surface area contributed by atoms with Gasteiger partial charge >= 0.3 is 6.18 Å². The fourth-order valence-electron chi connectivity index (χ4n) is 2.77. The van der Waals surface area contributed by atoms with Crippen molar-refractivity contribution in [2.75, 3.05) is 30.1 Å². The second-order valence-corrected chi connectivity index (χ2v) is 8.20. The van der Waals surface area contributed by atoms with E-state index in [9.17, 15) is 26.4 Å². The minimum atomic E-state index is -4.67. The number of hydrogen-bond acceptors (Lipinski definition) is 5. The smallest absolute Gasteiger partial charge is 0.416 e. The molecule has 2 rings (SSSR count). The molecule has 2 aromatic carbocycles. The predicted octanol–water partition coefficient (Wildman–Crippen LogP) is 3.52. The molecule has 0 aliphatic heterocycles. The van der Waals surface area contributed by atoms with Crippen molar-refractivity contribution in [2.24, 2.45) is 0 Å². The summed E-state index contributed by atoms with van der Waals surface area (Å²) in [6.45, 7) is 1.27. The van der Waals surface area contributed by atoms with Gasteiger partial charge in [0.2, 0.25) is 15.9 Å². The zero-order chi connectivity index (χ0) is 22.7. The lowest BCUT2D eigenvalue weighted by atomic mass is 10.1. The van der Waals surface area contributed by atoms with E-state index in [0.29, 0.717) is 16.1 Å². The van der Waals surface area contributed by atoms with Gasteiger partial charge in [0.05, 0.1) is 37.4 Å². The number of nitrogens with one attached hydrogen (secondary N) is 1. The van der Waals surface area contributed by atoms with Gasteiger partial charge in [-0.05, 0) is 37.3 Å². The molecule has 0 heterocycles. The average molecular weight is 446 g/mol. The zero-order valence-electron chi connectivity index (χ0n) is 16.6. The van der Waals surface area contributed by atoms with Crippen LogP contribution in [-0.4, -0.2) is 40.8 Å². The fraction of sp³-hybridized carbons (Fsp3) is 0.316. The van der Waals surface area contributed by atoms with Crippen molar-refractivity contribution in [3.8, 4) is 11.5 Å². The maximum absolute atomic E-state index is 13.0. The summed E-state index contributed by atoms with van der Waals surface area (Å²) in [5.41, 5.74) is -1.07. The Morgan fingerprint density at radius 2 is 1.77 bits per heavy atom. The number of benzene rings is 2. The van der Waals surface area contributed by atoms with Crippen molar-refractivity contribution >= 4 is 27.3 Å². The largest absolute Gasteiger partial charge is 0.497 e. The van der Waals surface area contributed by atoms with E-state index in [2.05, 4.69) is 5.32 Å². The molecule has 0 fully saturated rings. The maximum atomic E-state index is 13.0. The summed E-state index contributed by atoms with van der Waals surface area (Å²) in [6.07, 6.45) is -3.86. The molecule has 0 unspecified atom stereocenters. The number of sulfonamides is 1. The van der Waals surface area contributed by atoms with Crippen LogP contribution in [0, 0.1) is 0 Å². The summed E-state index contributed by atoms with van der Waals surface area (Å²) < 4.78 is 74.7. The van der Waals surface area contributed by atoms with Crippen LogP contribution >= 0.6 is 0 Å². The van der Waals surface area contributed by atoms with Gasteiger partial charge < -0.3 is 14.8 Å². The van der Waals surface area contributed by atoms with Gasteiger partial charge in [-0.1, -0.05) is 6.07 Å². The Bertz CT molecular complexity index is 1030. The van der Waals surface area contributed by atoms with Crippen molar-refractivity contribution in [3.63, 3.8) is 0 Å². The Morgan fingerprint density at radius 1 is 1.10 bits per heavy atom. The highest BCUT2D eigenvalue weighted by atomic mass is 32.2. The summed E-state index contributed by atoms with van der Waals surface area (Å²) in [5, 5.41) is 2.53. The van der Waals surface area contributed by atoms with E-state index < -0.39 is 33.7 Å². The van der Waals surface area contributed by atoms with Gasteiger partial charge in [-0.15, -0.1) is 0 Å². The molecular formula is C19H21F3N2O5S. The van der Waals surface area contributed by atoms with E-state index in [1.807, 2.05) is 0 Å². The first-order valence-electron chi connectivity index (χ1n) is 8.58. The summed E-state index contributed by atoms with van der Waals surface area (Å²) in [5.74, 6) is -0.0270. The topological polar surface area (TPSA) is 84.9 Å². The Morgan fingerprint density at radius 3 is 2.30 bits per heavy atom. The molecule has 30 heavy (non-hydrogen) atoms. The van der Waals surface area contributed by atoms with E-state index in [4.69, 9.17) is 9.47 Å². The highest BCUT2D eigenvalue weighted by molar-refractivity contribution is 7.92. The van der Waals surface area contributed by atoms with Crippen LogP contribution in [0.4, 0.5) is 24.5 Å². The number of carbonyl (C=O) groups excluding carboxylic acids is 1. The highest BCUT2D eigenvalue weighted by Crippen LogP contribution is 2.33. The molecule has 0 bridgehead atoms. The SMILES string of the molecule is COc1ccc(NC(=O)[C@@H](C)N(c2cccc(C(F)(F)F)c2)S(C)(=O)=O)c(OC)c1. The van der Waals surface area contributed by atoms with E-state index in [1.165, 1.54) is 39.3 Å². The lowest BCUT2D eigenvalue weighted by Gasteiger charge is -2.29. The first-order chi connectivity index (χ1) is 13.9. The van der Waals surface area contributed by atoms with Crippen molar-refractivity contribution in [1.82, 2.24) is 0 Å². The van der Waals surface area contributed by atoms with Crippen LogP contribution in [0.2, 0.25) is 0 Å². The van der Waals surface area contributed by atoms with E-state index in [1.54, 1.807) is 6.07 Å². The van der Waals surface area contributed by atoms with Crippen molar-refractivity contribution < 1.29 is 35.9 Å². The second kappa shape index (κ2) is 8.82. The molecule has 0 saturated carbocycles. The minimum Gasteiger partial charge on any atom is -0.497 e. The highest BCUT2D eigenvalue weighted by Gasteiger charge is 2.34. The number of alkyl halides is 3. The number of amides is 1. The standard InChI is InChI=1S/C19H21F3N2O5S/c1-12(18(25)23-16-9-8-15(28-2)11-17(16)29-3)24(30(4,26)27)14-7-5-6-13(10-14)19(20,21)22/h5-12H,1-4H3,(H,23,25)/t12-/m1/s1. The Balaban J connectivity index is 2.39. The van der Waals surface area contributed by atoms with E-state index in [0.717, 1.165) is 18.4 Å². The minimum absolute atomic E-state index is 0.243. The molecule has 0 aliphatic rings. The molecule has 1 N–H and O–H groups in total. The molecule has 1 amide bonds. The van der Waals surface area contributed by atoms with Crippen LogP contribution in [0.25, 0.3) is 0 Å². The Hall–Kier alpha value is -2.95. The number of ether oxygens (including phenoxy) is 2. The average Bonchev–Trinajstić information content (AvgIpc) is 2.66. The first-order valence-corrected chi connectivity index (χ1v) is 10.4. The Labute approximate surface area is 172 Å². The molecule has 2 aromatic rings. The molecule has 0 aliphatic carbocycles.